The molecule has 20 heavy (non-hydrogen) atoms. The van der Waals surface area contributed by atoms with E-state index in [0.717, 1.165) is 24.9 Å². The van der Waals surface area contributed by atoms with Crippen molar-refractivity contribution >= 4 is 17.4 Å². The molecule has 0 aromatic carbocycles. The van der Waals surface area contributed by atoms with Gasteiger partial charge in [-0.05, 0) is 26.3 Å². The maximum atomic E-state index is 6.11. The van der Waals surface area contributed by atoms with Gasteiger partial charge in [0.15, 0.2) is 5.82 Å². The minimum Gasteiger partial charge on any atom is -0.377 e. The third-order valence-corrected chi connectivity index (χ3v) is 4.67. The number of halogens is 1. The van der Waals surface area contributed by atoms with Gasteiger partial charge in [-0.1, -0.05) is 11.6 Å². The largest absolute Gasteiger partial charge is 0.377 e. The smallest absolute Gasteiger partial charge is 0.158 e. The third-order valence-electron chi connectivity index (χ3n) is 4.47. The number of hydrogen-bond acceptors (Lipinski definition) is 5. The summed E-state index contributed by atoms with van der Waals surface area (Å²) in [5, 5.41) is 0.491. The fourth-order valence-corrected chi connectivity index (χ4v) is 3.52. The first-order valence-corrected chi connectivity index (χ1v) is 7.54. The highest BCUT2D eigenvalue weighted by atomic mass is 35.5. The zero-order chi connectivity index (χ0) is 14.1. The van der Waals surface area contributed by atoms with Crippen molar-refractivity contribution in [2.75, 3.05) is 32.1 Å². The van der Waals surface area contributed by atoms with E-state index in [0.29, 0.717) is 23.6 Å². The van der Waals surface area contributed by atoms with Crippen LogP contribution in [0.15, 0.2) is 6.07 Å². The molecule has 0 amide bonds. The molecule has 0 spiro atoms. The number of ether oxygens (including phenoxy) is 1. The third kappa shape index (κ3) is 2.75. The molecule has 2 aliphatic heterocycles. The van der Waals surface area contributed by atoms with Crippen LogP contribution in [0.2, 0.25) is 5.15 Å². The van der Waals surface area contributed by atoms with E-state index in [9.17, 15) is 0 Å². The van der Waals surface area contributed by atoms with E-state index in [4.69, 9.17) is 16.3 Å². The Morgan fingerprint density at radius 3 is 2.90 bits per heavy atom. The first kappa shape index (κ1) is 14.0. The number of fused-ring (bicyclic) bond motifs is 2. The fraction of sp³-hybridized carbons (Fsp3) is 0.714. The van der Waals surface area contributed by atoms with Gasteiger partial charge in [0.2, 0.25) is 0 Å². The van der Waals surface area contributed by atoms with Crippen LogP contribution in [-0.4, -0.2) is 54.2 Å². The Labute approximate surface area is 124 Å². The maximum Gasteiger partial charge on any atom is 0.158 e. The summed E-state index contributed by atoms with van der Waals surface area (Å²) in [4.78, 5) is 13.6. The number of likely N-dealkylation sites (N-methyl/N-ethyl adjacent to an activating group) is 1. The van der Waals surface area contributed by atoms with Gasteiger partial charge in [0.05, 0.1) is 0 Å². The van der Waals surface area contributed by atoms with Crippen molar-refractivity contribution in [3.05, 3.63) is 17.0 Å². The summed E-state index contributed by atoms with van der Waals surface area (Å²) in [6, 6.07) is 3.21. The van der Waals surface area contributed by atoms with Gasteiger partial charge in [0.1, 0.15) is 17.6 Å². The quantitative estimate of drug-likeness (QED) is 0.798. The van der Waals surface area contributed by atoms with Gasteiger partial charge in [-0.3, -0.25) is 4.90 Å². The molecule has 0 N–H and O–H groups in total. The second kappa shape index (κ2) is 5.84. The summed E-state index contributed by atoms with van der Waals surface area (Å²) < 4.78 is 5.11. The van der Waals surface area contributed by atoms with Gasteiger partial charge in [0, 0.05) is 38.3 Å². The van der Waals surface area contributed by atoms with Crippen LogP contribution >= 0.6 is 11.6 Å². The molecule has 5 nitrogen and oxygen atoms in total. The number of anilines is 1. The van der Waals surface area contributed by atoms with E-state index < -0.39 is 0 Å². The molecule has 2 atom stereocenters. The van der Waals surface area contributed by atoms with E-state index in [2.05, 4.69) is 26.8 Å². The molecule has 0 aliphatic carbocycles. The Balaban J connectivity index is 1.82. The molecular weight excluding hydrogens is 276 g/mol. The Morgan fingerprint density at radius 1 is 1.30 bits per heavy atom. The van der Waals surface area contributed by atoms with Crippen molar-refractivity contribution in [1.82, 2.24) is 14.9 Å². The van der Waals surface area contributed by atoms with Crippen molar-refractivity contribution in [3.63, 3.8) is 0 Å². The predicted molar refractivity (Wildman–Crippen MR) is 79.2 cm³/mol. The summed E-state index contributed by atoms with van der Waals surface area (Å²) in [6.45, 7) is 2.45. The molecular formula is C14H21ClN4O. The van der Waals surface area contributed by atoms with Crippen LogP contribution in [0.25, 0.3) is 0 Å². The molecule has 110 valence electrons. The van der Waals surface area contributed by atoms with Gasteiger partial charge >= 0.3 is 0 Å². The van der Waals surface area contributed by atoms with Crippen LogP contribution in [0.1, 0.15) is 25.1 Å². The van der Waals surface area contributed by atoms with E-state index in [-0.39, 0.29) is 0 Å². The Bertz CT molecular complexity index is 484. The molecule has 0 radical (unpaired) electrons. The van der Waals surface area contributed by atoms with Gasteiger partial charge in [-0.25, -0.2) is 9.97 Å². The van der Waals surface area contributed by atoms with Crippen LogP contribution in [-0.2, 0) is 11.3 Å². The number of hydrogen-bond donors (Lipinski definition) is 0. The first-order chi connectivity index (χ1) is 9.67. The minimum absolute atomic E-state index is 0.396. The molecule has 2 saturated heterocycles. The summed E-state index contributed by atoms with van der Waals surface area (Å²) in [7, 11) is 3.89. The first-order valence-electron chi connectivity index (χ1n) is 7.16. The lowest BCUT2D eigenvalue weighted by molar-refractivity contribution is 0.178. The predicted octanol–water partition coefficient (Wildman–Crippen LogP) is 1.95. The summed E-state index contributed by atoms with van der Waals surface area (Å²) in [5.41, 5.74) is 0. The van der Waals surface area contributed by atoms with Crippen molar-refractivity contribution in [2.24, 2.45) is 0 Å². The Morgan fingerprint density at radius 2 is 2.10 bits per heavy atom. The average Bonchev–Trinajstić information content (AvgIpc) is 2.62. The van der Waals surface area contributed by atoms with E-state index >= 15 is 0 Å². The highest BCUT2D eigenvalue weighted by molar-refractivity contribution is 6.29. The maximum absolute atomic E-state index is 6.11. The van der Waals surface area contributed by atoms with Crippen molar-refractivity contribution in [1.29, 1.82) is 0 Å². The lowest BCUT2D eigenvalue weighted by Crippen LogP contribution is -2.37. The molecule has 1 aromatic heterocycles. The monoisotopic (exact) mass is 296 g/mol. The molecule has 2 bridgehead atoms. The Kier molecular flexibility index (Phi) is 4.10. The van der Waals surface area contributed by atoms with E-state index in [1.165, 1.54) is 19.3 Å². The second-order valence-corrected chi connectivity index (χ2v) is 6.07. The molecule has 3 rings (SSSR count). The van der Waals surface area contributed by atoms with Crippen LogP contribution in [0.5, 0.6) is 0 Å². The molecule has 2 unspecified atom stereocenters. The van der Waals surface area contributed by atoms with Crippen molar-refractivity contribution in [2.45, 2.75) is 38.0 Å². The van der Waals surface area contributed by atoms with E-state index in [1.54, 1.807) is 7.11 Å². The van der Waals surface area contributed by atoms with Crippen molar-refractivity contribution in [3.8, 4) is 0 Å². The molecule has 3 heterocycles. The zero-order valence-corrected chi connectivity index (χ0v) is 12.8. The van der Waals surface area contributed by atoms with Crippen LogP contribution in [0, 0.1) is 0 Å². The summed E-state index contributed by atoms with van der Waals surface area (Å²) >= 11 is 6.11. The summed E-state index contributed by atoms with van der Waals surface area (Å²) in [5.74, 6) is 1.58. The normalized spacial score (nSPS) is 26.9. The van der Waals surface area contributed by atoms with Gasteiger partial charge in [-0.15, -0.1) is 0 Å². The highest BCUT2D eigenvalue weighted by Crippen LogP contribution is 2.30. The fourth-order valence-electron chi connectivity index (χ4n) is 3.32. The number of methoxy groups -OCH3 is 1. The molecule has 0 saturated carbocycles. The summed E-state index contributed by atoms with van der Waals surface area (Å²) in [6.07, 6.45) is 3.80. The molecule has 2 aliphatic rings. The van der Waals surface area contributed by atoms with E-state index in [1.807, 2.05) is 6.07 Å². The lowest BCUT2D eigenvalue weighted by Gasteiger charge is -2.26. The average molecular weight is 297 g/mol. The molecule has 1 aromatic rings. The highest BCUT2D eigenvalue weighted by Gasteiger charge is 2.35. The van der Waals surface area contributed by atoms with Crippen LogP contribution in [0.4, 0.5) is 5.82 Å². The van der Waals surface area contributed by atoms with Gasteiger partial charge < -0.3 is 9.64 Å². The van der Waals surface area contributed by atoms with Crippen LogP contribution < -0.4 is 4.90 Å². The number of rotatable bonds is 3. The Hall–Kier alpha value is -0.910. The SMILES string of the molecule is COCc1nc(Cl)cc(N2CCC3CCC(C2)N3C)n1. The zero-order valence-electron chi connectivity index (χ0n) is 12.0. The van der Waals surface area contributed by atoms with Gasteiger partial charge in [-0.2, -0.15) is 0 Å². The van der Waals surface area contributed by atoms with Gasteiger partial charge in [0.25, 0.3) is 0 Å². The molecule has 6 heteroatoms. The number of aromatic nitrogens is 2. The topological polar surface area (TPSA) is 41.5 Å². The standard InChI is InChI=1S/C14H21ClN4O/c1-18-10-3-4-11(18)8-19(6-5-10)14-7-12(15)16-13(17-14)9-20-2/h7,10-11H,3-6,8-9H2,1-2H3. The lowest BCUT2D eigenvalue weighted by atomic mass is 10.1. The minimum atomic E-state index is 0.396. The second-order valence-electron chi connectivity index (χ2n) is 5.68. The van der Waals surface area contributed by atoms with Crippen LogP contribution in [0.3, 0.4) is 0 Å². The number of nitrogens with zero attached hydrogens (tertiary/aromatic N) is 4. The van der Waals surface area contributed by atoms with Crippen molar-refractivity contribution < 1.29 is 4.74 Å². The molecule has 2 fully saturated rings.